The number of fused-ring (bicyclic) bond motifs is 1. The fourth-order valence-corrected chi connectivity index (χ4v) is 3.52. The third-order valence-corrected chi connectivity index (χ3v) is 4.22. The second-order valence-electron chi connectivity index (χ2n) is 5.30. The number of thioether (sulfide) groups is 1. The molecule has 2 rings (SSSR count). The van der Waals surface area contributed by atoms with Crippen molar-refractivity contribution in [3.8, 4) is 16.5 Å². The zero-order chi connectivity index (χ0) is 12.3. The van der Waals surface area contributed by atoms with Gasteiger partial charge in [-0.3, -0.25) is 0 Å². The fraction of sp³-hybridized carbons (Fsp3) is 0.429. The molecular formula is C14H18OSSi. The zero-order valence-electron chi connectivity index (χ0n) is 10.7. The van der Waals surface area contributed by atoms with Gasteiger partial charge in [0.1, 0.15) is 13.8 Å². The molecule has 0 atom stereocenters. The molecule has 1 nitrogen and oxygen atoms in total. The lowest BCUT2D eigenvalue weighted by Gasteiger charge is -2.17. The lowest BCUT2D eigenvalue weighted by atomic mass is 10.1. The number of benzene rings is 1. The van der Waals surface area contributed by atoms with Crippen LogP contribution in [-0.4, -0.2) is 14.7 Å². The van der Waals surface area contributed by atoms with Gasteiger partial charge in [-0.05, 0) is 53.6 Å². The summed E-state index contributed by atoms with van der Waals surface area (Å²) < 4.78 is 5.60. The molecule has 0 N–H and O–H groups in total. The van der Waals surface area contributed by atoms with Crippen LogP contribution in [0.4, 0.5) is 0 Å². The van der Waals surface area contributed by atoms with Gasteiger partial charge in [-0.1, -0.05) is 19.6 Å². The van der Waals surface area contributed by atoms with E-state index in [0.29, 0.717) is 0 Å². The van der Waals surface area contributed by atoms with Crippen molar-refractivity contribution in [1.29, 1.82) is 0 Å². The lowest BCUT2D eigenvalue weighted by molar-refractivity contribution is 0.288. The topological polar surface area (TPSA) is 9.23 Å². The Balaban J connectivity index is 2.09. The molecule has 1 aliphatic heterocycles. The van der Waals surface area contributed by atoms with E-state index < -0.39 is 8.07 Å². The van der Waals surface area contributed by atoms with E-state index >= 15 is 0 Å². The average Bonchev–Trinajstić information content (AvgIpc) is 2.27. The first-order valence-corrected chi connectivity index (χ1v) is 10.3. The molecule has 1 heterocycles. The smallest absolute Gasteiger partial charge is 0.130 e. The number of rotatable bonds is 1. The molecule has 3 heteroatoms. The summed E-state index contributed by atoms with van der Waals surface area (Å²) in [5.74, 6) is 1.05. The van der Waals surface area contributed by atoms with Crippen LogP contribution in [0.25, 0.3) is 0 Å². The van der Waals surface area contributed by atoms with Crippen molar-refractivity contribution in [2.45, 2.75) is 37.4 Å². The van der Waals surface area contributed by atoms with Gasteiger partial charge in [0.2, 0.25) is 0 Å². The molecule has 1 aliphatic rings. The van der Waals surface area contributed by atoms with Gasteiger partial charge in [-0.25, -0.2) is 0 Å². The van der Waals surface area contributed by atoms with Crippen molar-refractivity contribution < 1.29 is 4.74 Å². The minimum atomic E-state index is -1.25. The molecule has 17 heavy (non-hydrogen) atoms. The van der Waals surface area contributed by atoms with Crippen molar-refractivity contribution in [3.05, 3.63) is 23.8 Å². The van der Waals surface area contributed by atoms with E-state index in [1.165, 1.54) is 10.5 Å². The molecule has 1 aromatic carbocycles. The SMILES string of the molecule is C[Si](C)(C)C#CSc1ccc2c(c1)CCCO2. The van der Waals surface area contributed by atoms with E-state index in [-0.39, 0.29) is 0 Å². The summed E-state index contributed by atoms with van der Waals surface area (Å²) in [6.45, 7) is 7.65. The predicted molar refractivity (Wildman–Crippen MR) is 77.2 cm³/mol. The maximum absolute atomic E-state index is 5.60. The molecule has 0 fully saturated rings. The van der Waals surface area contributed by atoms with Gasteiger partial charge in [0, 0.05) is 4.90 Å². The summed E-state index contributed by atoms with van der Waals surface area (Å²) in [6, 6.07) is 6.40. The Morgan fingerprint density at radius 1 is 1.29 bits per heavy atom. The van der Waals surface area contributed by atoms with Crippen LogP contribution in [0, 0.1) is 10.8 Å². The summed E-state index contributed by atoms with van der Waals surface area (Å²) in [5.41, 5.74) is 4.70. The summed E-state index contributed by atoms with van der Waals surface area (Å²) in [6.07, 6.45) is 2.26. The van der Waals surface area contributed by atoms with Gasteiger partial charge in [-0.2, -0.15) is 0 Å². The zero-order valence-corrected chi connectivity index (χ0v) is 12.5. The lowest BCUT2D eigenvalue weighted by Crippen LogP contribution is -2.15. The van der Waals surface area contributed by atoms with E-state index in [1.54, 1.807) is 11.8 Å². The van der Waals surface area contributed by atoms with Crippen LogP contribution in [0.3, 0.4) is 0 Å². The van der Waals surface area contributed by atoms with Crippen LogP contribution in [0.1, 0.15) is 12.0 Å². The number of hydrogen-bond acceptors (Lipinski definition) is 2. The van der Waals surface area contributed by atoms with Crippen molar-refractivity contribution in [2.75, 3.05) is 6.61 Å². The molecule has 0 bridgehead atoms. The highest BCUT2D eigenvalue weighted by atomic mass is 32.2. The Morgan fingerprint density at radius 3 is 2.88 bits per heavy atom. The summed E-state index contributed by atoms with van der Waals surface area (Å²) in [7, 11) is -1.25. The molecule has 0 unspecified atom stereocenters. The number of ether oxygens (including phenoxy) is 1. The van der Waals surface area contributed by atoms with Crippen LogP contribution in [0.2, 0.25) is 19.6 Å². The highest BCUT2D eigenvalue weighted by molar-refractivity contribution is 8.04. The van der Waals surface area contributed by atoms with Gasteiger partial charge in [0.15, 0.2) is 0 Å². The van der Waals surface area contributed by atoms with Gasteiger partial charge in [-0.15, -0.1) is 5.54 Å². The standard InChI is InChI=1S/C14H18OSSi/c1-17(2,3)10-9-16-13-6-7-14-12(11-13)5-4-8-15-14/h6-7,11H,4-5,8H2,1-3H3. The Labute approximate surface area is 109 Å². The van der Waals surface area contributed by atoms with Crippen molar-refractivity contribution >= 4 is 19.8 Å². The molecule has 1 aromatic rings. The summed E-state index contributed by atoms with van der Waals surface area (Å²) in [5, 5.41) is 3.24. The van der Waals surface area contributed by atoms with Crippen molar-refractivity contribution in [3.63, 3.8) is 0 Å². The molecule has 0 aromatic heterocycles. The largest absolute Gasteiger partial charge is 0.493 e. The Morgan fingerprint density at radius 2 is 2.12 bits per heavy atom. The van der Waals surface area contributed by atoms with Crippen LogP contribution >= 0.6 is 11.8 Å². The highest BCUT2D eigenvalue weighted by Crippen LogP contribution is 2.29. The molecule has 0 saturated heterocycles. The van der Waals surface area contributed by atoms with E-state index in [0.717, 1.165) is 25.2 Å². The maximum Gasteiger partial charge on any atom is 0.130 e. The fourth-order valence-electron chi connectivity index (χ4n) is 1.64. The van der Waals surface area contributed by atoms with E-state index in [9.17, 15) is 0 Å². The monoisotopic (exact) mass is 262 g/mol. The molecule has 0 saturated carbocycles. The van der Waals surface area contributed by atoms with Crippen LogP contribution in [-0.2, 0) is 6.42 Å². The molecule has 0 aliphatic carbocycles. The third-order valence-electron chi connectivity index (χ3n) is 2.47. The van der Waals surface area contributed by atoms with Crippen molar-refractivity contribution in [2.24, 2.45) is 0 Å². The second kappa shape index (κ2) is 5.20. The van der Waals surface area contributed by atoms with Gasteiger partial charge >= 0.3 is 0 Å². The van der Waals surface area contributed by atoms with Gasteiger partial charge in [0.25, 0.3) is 0 Å². The van der Waals surface area contributed by atoms with E-state index in [2.05, 4.69) is 48.6 Å². The number of hydrogen-bond donors (Lipinski definition) is 0. The minimum absolute atomic E-state index is 0.856. The predicted octanol–water partition coefficient (Wildman–Crippen LogP) is 3.94. The molecule has 0 spiro atoms. The first kappa shape index (κ1) is 12.6. The third kappa shape index (κ3) is 3.83. The van der Waals surface area contributed by atoms with E-state index in [1.807, 2.05) is 0 Å². The Bertz CT molecular complexity index is 465. The number of aryl methyl sites for hydroxylation is 1. The average molecular weight is 262 g/mol. The normalized spacial score (nSPS) is 14.3. The molecular weight excluding hydrogens is 244 g/mol. The maximum atomic E-state index is 5.60. The Hall–Kier alpha value is -0.853. The van der Waals surface area contributed by atoms with Crippen LogP contribution < -0.4 is 4.74 Å². The molecule has 90 valence electrons. The summed E-state index contributed by atoms with van der Waals surface area (Å²) in [4.78, 5) is 1.24. The Kier molecular flexibility index (Phi) is 3.85. The second-order valence-corrected chi connectivity index (χ2v) is 10.9. The van der Waals surface area contributed by atoms with Gasteiger partial charge < -0.3 is 4.74 Å². The van der Waals surface area contributed by atoms with Crippen LogP contribution in [0.5, 0.6) is 5.75 Å². The van der Waals surface area contributed by atoms with Crippen LogP contribution in [0.15, 0.2) is 23.1 Å². The highest BCUT2D eigenvalue weighted by Gasteiger charge is 2.11. The first-order chi connectivity index (χ1) is 8.04. The first-order valence-electron chi connectivity index (χ1n) is 5.99. The van der Waals surface area contributed by atoms with Gasteiger partial charge in [0.05, 0.1) is 6.61 Å². The molecule has 0 radical (unpaired) electrons. The van der Waals surface area contributed by atoms with Crippen molar-refractivity contribution in [1.82, 2.24) is 0 Å². The molecule has 0 amide bonds. The summed E-state index contributed by atoms with van der Waals surface area (Å²) >= 11 is 1.64. The van der Waals surface area contributed by atoms with E-state index in [4.69, 9.17) is 4.74 Å². The quantitative estimate of drug-likeness (QED) is 0.431. The minimum Gasteiger partial charge on any atom is -0.493 e.